The average Bonchev–Trinajstić information content (AvgIpc) is 2.91. The number of hydrogen-bond donors (Lipinski definition) is 1. The van der Waals surface area contributed by atoms with Crippen LogP contribution in [0.25, 0.3) is 5.57 Å². The molecule has 18 heavy (non-hydrogen) atoms. The van der Waals surface area contributed by atoms with E-state index in [1.165, 1.54) is 4.59 Å². The Balaban J connectivity index is 1.89. The topological polar surface area (TPSA) is 61.6 Å². The van der Waals surface area contributed by atoms with Crippen molar-refractivity contribution < 1.29 is 9.82 Å². The average molecular weight is 246 g/mol. The van der Waals surface area contributed by atoms with Crippen molar-refractivity contribution in [2.45, 2.75) is 12.9 Å². The molecule has 1 saturated heterocycles. The Hall–Kier alpha value is -1.76. The highest BCUT2D eigenvalue weighted by Gasteiger charge is 2.37. The van der Waals surface area contributed by atoms with Crippen molar-refractivity contribution >= 4 is 18.7 Å². The van der Waals surface area contributed by atoms with Crippen LogP contribution in [0.3, 0.4) is 0 Å². The third-order valence-corrected chi connectivity index (χ3v) is 3.59. The molecule has 0 radical (unpaired) electrons. The minimum absolute atomic E-state index is 0.0779. The van der Waals surface area contributed by atoms with E-state index in [1.54, 1.807) is 17.9 Å². The molecule has 2 aliphatic rings. The van der Waals surface area contributed by atoms with Gasteiger partial charge in [-0.2, -0.15) is 5.10 Å². The van der Waals surface area contributed by atoms with Gasteiger partial charge in [-0.05, 0) is 12.4 Å². The van der Waals surface area contributed by atoms with Crippen LogP contribution in [0.2, 0.25) is 6.82 Å². The van der Waals surface area contributed by atoms with Gasteiger partial charge in [0.25, 0.3) is 0 Å². The van der Waals surface area contributed by atoms with Gasteiger partial charge in [0.2, 0.25) is 0 Å². The molecule has 1 unspecified atom stereocenters. The highest BCUT2D eigenvalue weighted by atomic mass is 16.2. The first-order valence-electron chi connectivity index (χ1n) is 6.01. The number of fused-ring (bicyclic) bond motifs is 2. The predicted molar refractivity (Wildman–Crippen MR) is 68.0 cm³/mol. The summed E-state index contributed by atoms with van der Waals surface area (Å²) in [6, 6.07) is 0.227. The van der Waals surface area contributed by atoms with Crippen LogP contribution in [0.1, 0.15) is 5.56 Å². The number of rotatable bonds is 2. The molecule has 0 aromatic carbocycles. The Morgan fingerprint density at radius 3 is 2.94 bits per heavy atom. The lowest BCUT2D eigenvalue weighted by molar-refractivity contribution is 0.202. The molecule has 6 nitrogen and oxygen atoms in total. The molecule has 1 aromatic rings. The zero-order valence-electron chi connectivity index (χ0n) is 10.4. The van der Waals surface area contributed by atoms with Gasteiger partial charge in [-0.3, -0.25) is 4.59 Å². The van der Waals surface area contributed by atoms with Crippen LogP contribution in [0, 0.1) is 0 Å². The summed E-state index contributed by atoms with van der Waals surface area (Å²) >= 11 is 0. The molecule has 1 atom stereocenters. The molecule has 2 bridgehead atoms. The van der Waals surface area contributed by atoms with E-state index in [2.05, 4.69) is 11.2 Å². The van der Waals surface area contributed by atoms with E-state index < -0.39 is 7.05 Å². The lowest BCUT2D eigenvalue weighted by atomic mass is 9.89. The third-order valence-electron chi connectivity index (χ3n) is 3.59. The summed E-state index contributed by atoms with van der Waals surface area (Å²) in [4.78, 5) is 15.4. The molecule has 1 N–H and O–H groups in total. The quantitative estimate of drug-likeness (QED) is 0.745. The van der Waals surface area contributed by atoms with E-state index in [1.807, 2.05) is 18.1 Å². The number of amides is 2. The smallest absolute Gasteiger partial charge is 0.431 e. The van der Waals surface area contributed by atoms with Gasteiger partial charge in [0.1, 0.15) is 0 Å². The number of carbonyl (C=O) groups excluding carboxylic acids is 1. The first-order valence-corrected chi connectivity index (χ1v) is 6.01. The lowest BCUT2D eigenvalue weighted by Gasteiger charge is -2.20. The van der Waals surface area contributed by atoms with Gasteiger partial charge < -0.3 is 14.8 Å². The summed E-state index contributed by atoms with van der Waals surface area (Å²) in [6.45, 7) is 3.05. The monoisotopic (exact) mass is 246 g/mol. The highest BCUT2D eigenvalue weighted by molar-refractivity contribution is 6.46. The minimum Gasteiger partial charge on any atom is -0.431 e. The normalized spacial score (nSPS) is 22.5. The standard InChI is InChI=1S/C11H15BN4O2/c1-12(18)16-6-9(4-13-16)8-3-10-7-15(5-8)11(17)14(10)2/h3-4,6,10,18H,5,7H2,1-2H3. The summed E-state index contributed by atoms with van der Waals surface area (Å²) in [6.07, 6.45) is 5.66. The zero-order chi connectivity index (χ0) is 12.9. The molecule has 7 heteroatoms. The van der Waals surface area contributed by atoms with Gasteiger partial charge in [0.05, 0.1) is 12.2 Å². The number of likely N-dealkylation sites (N-methyl/N-ethyl adjacent to an activating group) is 1. The maximum absolute atomic E-state index is 11.8. The number of carbonyl (C=O) groups is 1. The first-order chi connectivity index (χ1) is 8.56. The lowest BCUT2D eigenvalue weighted by Crippen LogP contribution is -2.30. The Morgan fingerprint density at radius 2 is 2.33 bits per heavy atom. The third kappa shape index (κ3) is 1.62. The number of urea groups is 1. The SMILES string of the molecule is CB(O)n1cc(C2=CC3CN(C2)C(=O)N3C)cn1. The van der Waals surface area contributed by atoms with Crippen LogP contribution in [-0.2, 0) is 0 Å². The number of aromatic nitrogens is 2. The van der Waals surface area contributed by atoms with Gasteiger partial charge in [-0.1, -0.05) is 6.08 Å². The molecule has 0 aliphatic carbocycles. The van der Waals surface area contributed by atoms with Crippen molar-refractivity contribution in [1.82, 2.24) is 19.5 Å². The van der Waals surface area contributed by atoms with Crippen LogP contribution >= 0.6 is 0 Å². The summed E-state index contributed by atoms with van der Waals surface area (Å²) in [5.74, 6) is 0. The molecule has 1 fully saturated rings. The van der Waals surface area contributed by atoms with E-state index in [-0.39, 0.29) is 12.1 Å². The van der Waals surface area contributed by atoms with Crippen LogP contribution in [0.4, 0.5) is 4.79 Å². The molecule has 3 rings (SSSR count). The van der Waals surface area contributed by atoms with Gasteiger partial charge in [-0.15, -0.1) is 0 Å². The summed E-state index contributed by atoms with van der Waals surface area (Å²) < 4.78 is 1.51. The maximum Gasteiger partial charge on any atom is 0.431 e. The molecular weight excluding hydrogens is 231 g/mol. The number of hydrogen-bond acceptors (Lipinski definition) is 3. The maximum atomic E-state index is 11.8. The van der Waals surface area contributed by atoms with Gasteiger partial charge >= 0.3 is 13.1 Å². The molecule has 94 valence electrons. The predicted octanol–water partition coefficient (Wildman–Crippen LogP) is -0.0255. The Bertz CT molecular complexity index is 525. The molecule has 2 aliphatic heterocycles. The van der Waals surface area contributed by atoms with Crippen molar-refractivity contribution in [2.75, 3.05) is 20.1 Å². The van der Waals surface area contributed by atoms with E-state index in [0.717, 1.165) is 17.7 Å². The van der Waals surface area contributed by atoms with Crippen molar-refractivity contribution in [3.8, 4) is 0 Å². The van der Waals surface area contributed by atoms with E-state index in [0.29, 0.717) is 6.54 Å². The van der Waals surface area contributed by atoms with Gasteiger partial charge in [0, 0.05) is 31.9 Å². The number of nitrogens with zero attached hydrogens (tertiary/aromatic N) is 4. The van der Waals surface area contributed by atoms with Crippen LogP contribution < -0.4 is 0 Å². The molecule has 0 spiro atoms. The highest BCUT2D eigenvalue weighted by Crippen LogP contribution is 2.27. The molecule has 2 amide bonds. The molecule has 0 saturated carbocycles. The largest absolute Gasteiger partial charge is 0.431 e. The minimum atomic E-state index is -0.635. The van der Waals surface area contributed by atoms with Crippen LogP contribution in [0.5, 0.6) is 0 Å². The Kier molecular flexibility index (Phi) is 2.44. The van der Waals surface area contributed by atoms with E-state index in [9.17, 15) is 9.82 Å². The Labute approximate surface area is 106 Å². The van der Waals surface area contributed by atoms with Crippen molar-refractivity contribution in [1.29, 1.82) is 0 Å². The summed E-state index contributed by atoms with van der Waals surface area (Å²) in [5, 5.41) is 13.6. The van der Waals surface area contributed by atoms with Gasteiger partial charge in [-0.25, -0.2) is 4.79 Å². The fourth-order valence-electron chi connectivity index (χ4n) is 2.47. The summed E-state index contributed by atoms with van der Waals surface area (Å²) in [7, 11) is 1.19. The zero-order valence-corrected chi connectivity index (χ0v) is 10.4. The van der Waals surface area contributed by atoms with Crippen molar-refractivity contribution in [3.63, 3.8) is 0 Å². The molecule has 3 heterocycles. The van der Waals surface area contributed by atoms with Crippen LogP contribution in [-0.4, -0.2) is 63.8 Å². The van der Waals surface area contributed by atoms with Gasteiger partial charge in [0.15, 0.2) is 0 Å². The van der Waals surface area contributed by atoms with E-state index >= 15 is 0 Å². The molecular formula is C11H15BN4O2. The van der Waals surface area contributed by atoms with Crippen LogP contribution in [0.15, 0.2) is 18.5 Å². The van der Waals surface area contributed by atoms with Crippen molar-refractivity contribution in [2.24, 2.45) is 0 Å². The Morgan fingerprint density at radius 1 is 1.56 bits per heavy atom. The summed E-state index contributed by atoms with van der Waals surface area (Å²) in [5.41, 5.74) is 2.06. The van der Waals surface area contributed by atoms with E-state index in [4.69, 9.17) is 0 Å². The fourth-order valence-corrected chi connectivity index (χ4v) is 2.47. The second kappa shape index (κ2) is 3.88. The second-order valence-electron chi connectivity index (χ2n) is 4.87. The van der Waals surface area contributed by atoms with Crippen molar-refractivity contribution in [3.05, 3.63) is 24.0 Å². The molecule has 1 aromatic heterocycles. The second-order valence-corrected chi connectivity index (χ2v) is 4.87. The fraction of sp³-hybridized carbons (Fsp3) is 0.455. The first kappa shape index (κ1) is 11.3.